The number of unbranched alkanes of at least 4 members (excludes halogenated alkanes) is 1. The zero-order valence-corrected chi connectivity index (χ0v) is 16.2. The lowest BCUT2D eigenvalue weighted by Crippen LogP contribution is -2.42. The SMILES string of the molecule is CCCCn1c(N)c(N(CC)C(=O)COC(=O)c2cccc(F)c2)c(=O)[nH]c1=O. The number of amides is 1. The Morgan fingerprint density at radius 2 is 2.00 bits per heavy atom. The summed E-state index contributed by atoms with van der Waals surface area (Å²) in [7, 11) is 0. The van der Waals surface area contributed by atoms with Crippen LogP contribution in [0.1, 0.15) is 37.0 Å². The van der Waals surface area contributed by atoms with Crippen LogP contribution in [0.4, 0.5) is 15.9 Å². The number of ether oxygens (including phenoxy) is 1. The molecule has 0 aliphatic carbocycles. The standard InChI is InChI=1S/C19H23FN4O5/c1-3-5-9-24-16(21)15(17(26)22-19(24)28)23(4-2)14(25)11-29-18(27)12-7-6-8-13(20)10-12/h6-8,10H,3-5,9,11,21H2,1-2H3,(H,22,26,28). The van der Waals surface area contributed by atoms with Gasteiger partial charge >= 0.3 is 11.7 Å². The lowest BCUT2D eigenvalue weighted by atomic mass is 10.2. The first kappa shape index (κ1) is 21.9. The second kappa shape index (κ2) is 9.67. The molecule has 10 heteroatoms. The van der Waals surface area contributed by atoms with Crippen LogP contribution in [0.15, 0.2) is 33.9 Å². The van der Waals surface area contributed by atoms with Crippen LogP contribution in [0.3, 0.4) is 0 Å². The molecule has 2 rings (SSSR count). The number of nitrogen functional groups attached to an aromatic ring is 1. The Balaban J connectivity index is 2.24. The van der Waals surface area contributed by atoms with Gasteiger partial charge in [0, 0.05) is 13.1 Å². The molecule has 0 spiro atoms. The van der Waals surface area contributed by atoms with Crippen LogP contribution in [-0.4, -0.2) is 34.6 Å². The van der Waals surface area contributed by atoms with E-state index in [-0.39, 0.29) is 30.2 Å². The van der Waals surface area contributed by atoms with Crippen LogP contribution in [0.5, 0.6) is 0 Å². The van der Waals surface area contributed by atoms with E-state index in [0.29, 0.717) is 6.42 Å². The van der Waals surface area contributed by atoms with E-state index >= 15 is 0 Å². The molecule has 0 aliphatic rings. The first-order valence-electron chi connectivity index (χ1n) is 9.15. The highest BCUT2D eigenvalue weighted by Crippen LogP contribution is 2.17. The number of halogens is 1. The Morgan fingerprint density at radius 1 is 1.28 bits per heavy atom. The largest absolute Gasteiger partial charge is 0.452 e. The highest BCUT2D eigenvalue weighted by atomic mass is 19.1. The summed E-state index contributed by atoms with van der Waals surface area (Å²) in [6.07, 6.45) is 1.45. The Kier molecular flexibility index (Phi) is 7.29. The van der Waals surface area contributed by atoms with Crippen molar-refractivity contribution in [3.8, 4) is 0 Å². The van der Waals surface area contributed by atoms with Gasteiger partial charge in [0.05, 0.1) is 5.56 Å². The number of H-pyrrole nitrogens is 1. The van der Waals surface area contributed by atoms with E-state index in [1.807, 2.05) is 6.92 Å². The molecule has 0 aliphatic heterocycles. The zero-order valence-electron chi connectivity index (χ0n) is 16.2. The number of nitrogens with zero attached hydrogens (tertiary/aromatic N) is 2. The van der Waals surface area contributed by atoms with Gasteiger partial charge in [-0.25, -0.2) is 14.0 Å². The maximum absolute atomic E-state index is 13.2. The van der Waals surface area contributed by atoms with E-state index in [4.69, 9.17) is 10.5 Å². The van der Waals surface area contributed by atoms with Crippen LogP contribution in [0.25, 0.3) is 0 Å². The van der Waals surface area contributed by atoms with Gasteiger partial charge < -0.3 is 15.4 Å². The van der Waals surface area contributed by atoms with E-state index < -0.39 is 35.5 Å². The summed E-state index contributed by atoms with van der Waals surface area (Å²) in [5, 5.41) is 0. The summed E-state index contributed by atoms with van der Waals surface area (Å²) >= 11 is 0. The van der Waals surface area contributed by atoms with Gasteiger partial charge in [-0.15, -0.1) is 0 Å². The van der Waals surface area contributed by atoms with Gasteiger partial charge in [0.15, 0.2) is 12.3 Å². The number of anilines is 2. The number of nitrogens with two attached hydrogens (primary N) is 1. The van der Waals surface area contributed by atoms with Crippen molar-refractivity contribution in [3.05, 3.63) is 56.5 Å². The summed E-state index contributed by atoms with van der Waals surface area (Å²) in [4.78, 5) is 52.1. The van der Waals surface area contributed by atoms with Crippen LogP contribution in [0.2, 0.25) is 0 Å². The van der Waals surface area contributed by atoms with E-state index in [0.717, 1.165) is 17.4 Å². The molecule has 0 atom stereocenters. The monoisotopic (exact) mass is 406 g/mol. The van der Waals surface area contributed by atoms with Gasteiger partial charge in [-0.2, -0.15) is 0 Å². The van der Waals surface area contributed by atoms with E-state index in [1.165, 1.54) is 22.8 Å². The van der Waals surface area contributed by atoms with Crippen molar-refractivity contribution in [1.29, 1.82) is 0 Å². The average Bonchev–Trinajstić information content (AvgIpc) is 2.68. The van der Waals surface area contributed by atoms with Crippen LogP contribution in [-0.2, 0) is 16.1 Å². The fraction of sp³-hybridized carbons (Fsp3) is 0.368. The van der Waals surface area contributed by atoms with Crippen LogP contribution in [0, 0.1) is 5.82 Å². The second-order valence-corrected chi connectivity index (χ2v) is 6.22. The number of hydrogen-bond donors (Lipinski definition) is 2. The molecule has 3 N–H and O–H groups in total. The number of aromatic amines is 1. The number of carbonyl (C=O) groups is 2. The highest BCUT2D eigenvalue weighted by molar-refractivity contribution is 5.98. The Bertz CT molecular complexity index is 1010. The molecule has 1 heterocycles. The minimum Gasteiger partial charge on any atom is -0.452 e. The number of rotatable bonds is 8. The minimum absolute atomic E-state index is 0.0497. The van der Waals surface area contributed by atoms with Crippen molar-refractivity contribution in [1.82, 2.24) is 9.55 Å². The maximum atomic E-state index is 13.2. The van der Waals surface area contributed by atoms with Crippen molar-refractivity contribution in [3.63, 3.8) is 0 Å². The second-order valence-electron chi connectivity index (χ2n) is 6.22. The molecule has 0 radical (unpaired) electrons. The van der Waals surface area contributed by atoms with Crippen molar-refractivity contribution >= 4 is 23.4 Å². The molecule has 1 aromatic heterocycles. The van der Waals surface area contributed by atoms with Crippen molar-refractivity contribution in [2.75, 3.05) is 23.8 Å². The topological polar surface area (TPSA) is 127 Å². The number of aromatic nitrogens is 2. The van der Waals surface area contributed by atoms with Gasteiger partial charge in [-0.1, -0.05) is 19.4 Å². The van der Waals surface area contributed by atoms with E-state index in [2.05, 4.69) is 4.98 Å². The van der Waals surface area contributed by atoms with Gasteiger partial charge in [0.1, 0.15) is 11.6 Å². The fourth-order valence-corrected chi connectivity index (χ4v) is 2.74. The minimum atomic E-state index is -0.885. The molecule has 0 bridgehead atoms. The summed E-state index contributed by atoms with van der Waals surface area (Å²) < 4.78 is 19.3. The van der Waals surface area contributed by atoms with Crippen molar-refractivity contribution < 1.29 is 18.7 Å². The lowest BCUT2D eigenvalue weighted by Gasteiger charge is -2.23. The van der Waals surface area contributed by atoms with E-state index in [1.54, 1.807) is 6.92 Å². The number of nitrogens with one attached hydrogen (secondary N) is 1. The molecule has 1 aromatic carbocycles. The van der Waals surface area contributed by atoms with Crippen molar-refractivity contribution in [2.24, 2.45) is 0 Å². The quantitative estimate of drug-likeness (QED) is 0.636. The molecule has 0 saturated carbocycles. The summed E-state index contributed by atoms with van der Waals surface area (Å²) in [6, 6.07) is 4.84. The summed E-state index contributed by atoms with van der Waals surface area (Å²) in [5.74, 6) is -2.35. The molecular weight excluding hydrogens is 383 g/mol. The van der Waals surface area contributed by atoms with E-state index in [9.17, 15) is 23.6 Å². The molecule has 0 unspecified atom stereocenters. The average molecular weight is 406 g/mol. The predicted molar refractivity (Wildman–Crippen MR) is 105 cm³/mol. The van der Waals surface area contributed by atoms with Crippen LogP contribution < -0.4 is 21.9 Å². The van der Waals surface area contributed by atoms with Gasteiger partial charge in [0.25, 0.3) is 11.5 Å². The number of esters is 1. The van der Waals surface area contributed by atoms with Crippen molar-refractivity contribution in [2.45, 2.75) is 33.2 Å². The molecular formula is C19H23FN4O5. The number of hydrogen-bond acceptors (Lipinski definition) is 6. The molecule has 1 amide bonds. The Hall–Kier alpha value is -3.43. The van der Waals surface area contributed by atoms with Crippen LogP contribution >= 0.6 is 0 Å². The fourth-order valence-electron chi connectivity index (χ4n) is 2.74. The highest BCUT2D eigenvalue weighted by Gasteiger charge is 2.24. The molecule has 0 saturated heterocycles. The summed E-state index contributed by atoms with van der Waals surface area (Å²) in [6.45, 7) is 3.19. The van der Waals surface area contributed by atoms with Gasteiger partial charge in [0.2, 0.25) is 0 Å². The molecule has 29 heavy (non-hydrogen) atoms. The molecule has 156 valence electrons. The molecule has 2 aromatic rings. The Labute approximate surface area is 165 Å². The lowest BCUT2D eigenvalue weighted by molar-refractivity contribution is -0.121. The van der Waals surface area contributed by atoms with Gasteiger partial charge in [-0.05, 0) is 31.5 Å². The molecule has 9 nitrogen and oxygen atoms in total. The molecule has 0 fully saturated rings. The number of carbonyl (C=O) groups excluding carboxylic acids is 2. The van der Waals surface area contributed by atoms with Gasteiger partial charge in [-0.3, -0.25) is 19.1 Å². The normalized spacial score (nSPS) is 10.6. The maximum Gasteiger partial charge on any atom is 0.338 e. The zero-order chi connectivity index (χ0) is 21.6. The third kappa shape index (κ3) is 5.09. The first-order chi connectivity index (χ1) is 13.8. The Morgan fingerprint density at radius 3 is 2.62 bits per heavy atom. The smallest absolute Gasteiger partial charge is 0.338 e. The third-order valence-electron chi connectivity index (χ3n) is 4.22. The number of likely N-dealkylation sites (N-methyl/N-ethyl adjacent to an activating group) is 1. The first-order valence-corrected chi connectivity index (χ1v) is 9.15. The number of benzene rings is 1. The summed E-state index contributed by atoms with van der Waals surface area (Å²) in [5.41, 5.74) is 4.29. The predicted octanol–water partition coefficient (Wildman–Crippen LogP) is 1.27. The third-order valence-corrected chi connectivity index (χ3v) is 4.22.